The first-order chi connectivity index (χ1) is 12.1. The van der Waals surface area contributed by atoms with Crippen LogP contribution in [0, 0.1) is 5.82 Å². The van der Waals surface area contributed by atoms with E-state index in [4.69, 9.17) is 12.2 Å². The van der Waals surface area contributed by atoms with Crippen molar-refractivity contribution in [2.75, 3.05) is 31.5 Å². The predicted octanol–water partition coefficient (Wildman–Crippen LogP) is 3.89. The van der Waals surface area contributed by atoms with E-state index in [2.05, 4.69) is 42.1 Å². The minimum Gasteiger partial charge on any atom is -0.348 e. The average Bonchev–Trinajstić information content (AvgIpc) is 2.84. The van der Waals surface area contributed by atoms with Crippen LogP contribution in [0.2, 0.25) is 0 Å². The van der Waals surface area contributed by atoms with E-state index in [-0.39, 0.29) is 5.82 Å². The smallest absolute Gasteiger partial charge is 0.173 e. The molecule has 1 aromatic heterocycles. The number of aromatic nitrogens is 1. The van der Waals surface area contributed by atoms with Gasteiger partial charge in [-0.2, -0.15) is 0 Å². The Morgan fingerprint density at radius 1 is 1.24 bits per heavy atom. The minimum absolute atomic E-state index is 0.274. The molecule has 7 heteroatoms. The lowest BCUT2D eigenvalue weighted by molar-refractivity contribution is 0.278. The maximum Gasteiger partial charge on any atom is 0.173 e. The molecule has 0 bridgehead atoms. The van der Waals surface area contributed by atoms with Crippen LogP contribution in [0.25, 0.3) is 0 Å². The average molecular weight is 423 g/mol. The molecule has 3 rings (SSSR count). The van der Waals surface area contributed by atoms with Gasteiger partial charge < -0.3 is 10.2 Å². The molecule has 1 saturated heterocycles. The fraction of sp³-hybridized carbons (Fsp3) is 0.333. The molecular weight excluding hydrogens is 403 g/mol. The van der Waals surface area contributed by atoms with Gasteiger partial charge in [-0.05, 0) is 64.4 Å². The van der Waals surface area contributed by atoms with E-state index in [1.165, 1.54) is 17.7 Å². The Hall–Kier alpha value is -1.57. The molecule has 0 spiro atoms. The normalized spacial score (nSPS) is 15.7. The molecular formula is C18H20BrFN4S. The molecule has 2 heterocycles. The van der Waals surface area contributed by atoms with Crippen LogP contribution in [0.15, 0.2) is 47.2 Å². The Morgan fingerprint density at radius 3 is 2.88 bits per heavy atom. The number of rotatable bonds is 3. The number of hydrogen-bond donors (Lipinski definition) is 1. The SMILES string of the molecule is Fc1ccc(NC(=S)N2CCCN(Cc3cccnc3)CC2)c(Br)c1. The highest BCUT2D eigenvalue weighted by molar-refractivity contribution is 9.10. The molecule has 0 unspecified atom stereocenters. The summed E-state index contributed by atoms with van der Waals surface area (Å²) >= 11 is 8.92. The van der Waals surface area contributed by atoms with E-state index in [1.54, 1.807) is 12.3 Å². The molecule has 2 aromatic rings. The summed E-state index contributed by atoms with van der Waals surface area (Å²) in [6.07, 6.45) is 4.76. The summed E-state index contributed by atoms with van der Waals surface area (Å²) in [6, 6.07) is 8.63. The van der Waals surface area contributed by atoms with Gasteiger partial charge >= 0.3 is 0 Å². The molecule has 25 heavy (non-hydrogen) atoms. The lowest BCUT2D eigenvalue weighted by Gasteiger charge is -2.25. The van der Waals surface area contributed by atoms with Crippen molar-refractivity contribution in [3.63, 3.8) is 0 Å². The maximum atomic E-state index is 13.2. The van der Waals surface area contributed by atoms with Crippen molar-refractivity contribution in [1.82, 2.24) is 14.8 Å². The van der Waals surface area contributed by atoms with Crippen molar-refractivity contribution < 1.29 is 4.39 Å². The van der Waals surface area contributed by atoms with Gasteiger partial charge in [-0.25, -0.2) is 4.39 Å². The second-order valence-corrected chi connectivity index (χ2v) is 7.27. The molecule has 1 fully saturated rings. The summed E-state index contributed by atoms with van der Waals surface area (Å²) in [7, 11) is 0. The minimum atomic E-state index is -0.274. The van der Waals surface area contributed by atoms with Crippen LogP contribution < -0.4 is 5.32 Å². The maximum absolute atomic E-state index is 13.2. The first-order valence-electron chi connectivity index (χ1n) is 8.24. The molecule has 1 aliphatic rings. The van der Waals surface area contributed by atoms with E-state index in [0.29, 0.717) is 9.59 Å². The van der Waals surface area contributed by atoms with Gasteiger partial charge in [0.15, 0.2) is 5.11 Å². The number of anilines is 1. The van der Waals surface area contributed by atoms with Crippen molar-refractivity contribution in [2.45, 2.75) is 13.0 Å². The van der Waals surface area contributed by atoms with Crippen molar-refractivity contribution in [1.29, 1.82) is 0 Å². The lowest BCUT2D eigenvalue weighted by Crippen LogP contribution is -2.37. The molecule has 132 valence electrons. The summed E-state index contributed by atoms with van der Waals surface area (Å²) in [4.78, 5) is 8.78. The Labute approximate surface area is 161 Å². The number of benzene rings is 1. The molecule has 0 radical (unpaired) electrons. The van der Waals surface area contributed by atoms with Crippen LogP contribution in [0.3, 0.4) is 0 Å². The zero-order valence-electron chi connectivity index (χ0n) is 13.8. The van der Waals surface area contributed by atoms with Crippen LogP contribution in [0.5, 0.6) is 0 Å². The largest absolute Gasteiger partial charge is 0.348 e. The van der Waals surface area contributed by atoms with Crippen LogP contribution in [0.4, 0.5) is 10.1 Å². The summed E-state index contributed by atoms with van der Waals surface area (Å²) in [5, 5.41) is 3.89. The summed E-state index contributed by atoms with van der Waals surface area (Å²) in [6.45, 7) is 4.67. The monoisotopic (exact) mass is 422 g/mol. The fourth-order valence-corrected chi connectivity index (χ4v) is 3.61. The molecule has 1 aromatic carbocycles. The Morgan fingerprint density at radius 2 is 2.12 bits per heavy atom. The third-order valence-corrected chi connectivity index (χ3v) is 5.19. The number of thiocarbonyl (C=S) groups is 1. The van der Waals surface area contributed by atoms with E-state index in [0.717, 1.165) is 44.8 Å². The van der Waals surface area contributed by atoms with Gasteiger partial charge in [0, 0.05) is 49.6 Å². The predicted molar refractivity (Wildman–Crippen MR) is 106 cm³/mol. The number of hydrogen-bond acceptors (Lipinski definition) is 3. The van der Waals surface area contributed by atoms with Gasteiger partial charge in [-0.15, -0.1) is 0 Å². The van der Waals surface area contributed by atoms with Gasteiger partial charge in [0.05, 0.1) is 5.69 Å². The van der Waals surface area contributed by atoms with Crippen molar-refractivity contribution in [3.05, 3.63) is 58.6 Å². The van der Waals surface area contributed by atoms with Crippen LogP contribution in [0.1, 0.15) is 12.0 Å². The number of nitrogens with zero attached hydrogens (tertiary/aromatic N) is 3. The topological polar surface area (TPSA) is 31.4 Å². The molecule has 1 N–H and O–H groups in total. The summed E-state index contributed by atoms with van der Waals surface area (Å²) < 4.78 is 13.9. The fourth-order valence-electron chi connectivity index (χ4n) is 2.87. The molecule has 0 saturated carbocycles. The zero-order valence-corrected chi connectivity index (χ0v) is 16.2. The summed E-state index contributed by atoms with van der Waals surface area (Å²) in [5.74, 6) is -0.274. The van der Waals surface area contributed by atoms with E-state index >= 15 is 0 Å². The zero-order chi connectivity index (χ0) is 17.6. The molecule has 1 aliphatic heterocycles. The Kier molecular flexibility index (Phi) is 6.34. The van der Waals surface area contributed by atoms with Crippen LogP contribution in [-0.4, -0.2) is 46.1 Å². The number of pyridine rings is 1. The standard InChI is InChI=1S/C18H20BrFN4S/c19-16-11-15(20)4-5-17(16)22-18(25)24-8-2-7-23(9-10-24)13-14-3-1-6-21-12-14/h1,3-6,11-12H,2,7-10,13H2,(H,22,25). The highest BCUT2D eigenvalue weighted by Gasteiger charge is 2.17. The number of nitrogens with one attached hydrogen (secondary N) is 1. The second-order valence-electron chi connectivity index (χ2n) is 6.03. The van der Waals surface area contributed by atoms with Crippen LogP contribution in [-0.2, 0) is 6.54 Å². The molecule has 0 atom stereocenters. The Balaban J connectivity index is 1.56. The van der Waals surface area contributed by atoms with Gasteiger partial charge in [0.1, 0.15) is 5.82 Å². The summed E-state index contributed by atoms with van der Waals surface area (Å²) in [5.41, 5.74) is 2.01. The van der Waals surface area contributed by atoms with Gasteiger partial charge in [0.25, 0.3) is 0 Å². The number of halogens is 2. The first kappa shape index (κ1) is 18.2. The molecule has 0 aliphatic carbocycles. The van der Waals surface area contributed by atoms with E-state index in [1.807, 2.05) is 12.3 Å². The van der Waals surface area contributed by atoms with Crippen molar-refractivity contribution in [2.24, 2.45) is 0 Å². The van der Waals surface area contributed by atoms with E-state index < -0.39 is 0 Å². The van der Waals surface area contributed by atoms with E-state index in [9.17, 15) is 4.39 Å². The van der Waals surface area contributed by atoms with Gasteiger partial charge in [-0.3, -0.25) is 9.88 Å². The Bertz CT molecular complexity index is 728. The van der Waals surface area contributed by atoms with Crippen LogP contribution >= 0.6 is 28.1 Å². The lowest BCUT2D eigenvalue weighted by atomic mass is 10.2. The molecule has 0 amide bonds. The van der Waals surface area contributed by atoms with Crippen molar-refractivity contribution >= 4 is 38.9 Å². The van der Waals surface area contributed by atoms with Crippen molar-refractivity contribution in [3.8, 4) is 0 Å². The third-order valence-electron chi connectivity index (χ3n) is 4.18. The third kappa shape index (κ3) is 5.20. The second kappa shape index (κ2) is 8.69. The highest BCUT2D eigenvalue weighted by Crippen LogP contribution is 2.23. The quantitative estimate of drug-likeness (QED) is 0.758. The van der Waals surface area contributed by atoms with Gasteiger partial charge in [0.2, 0.25) is 0 Å². The highest BCUT2D eigenvalue weighted by atomic mass is 79.9. The molecule has 4 nitrogen and oxygen atoms in total. The van der Waals surface area contributed by atoms with Gasteiger partial charge in [-0.1, -0.05) is 6.07 Å². The first-order valence-corrected chi connectivity index (χ1v) is 9.44.